The molecular formula is C23H28ClN3O3. The van der Waals surface area contributed by atoms with E-state index in [1.54, 1.807) is 18.2 Å². The summed E-state index contributed by atoms with van der Waals surface area (Å²) in [6.45, 7) is 3.58. The fourth-order valence-corrected chi connectivity index (χ4v) is 3.79. The SMILES string of the molecule is COc1ccc(Cl)cc1NC(=O)C(=O)NCC1CCN(CCc2ccccc2)CC1. The third-order valence-electron chi connectivity index (χ3n) is 5.43. The van der Waals surface area contributed by atoms with E-state index in [0.717, 1.165) is 38.9 Å². The van der Waals surface area contributed by atoms with Crippen molar-refractivity contribution in [1.29, 1.82) is 0 Å². The van der Waals surface area contributed by atoms with Crippen LogP contribution >= 0.6 is 11.6 Å². The molecule has 0 spiro atoms. The molecule has 0 radical (unpaired) electrons. The van der Waals surface area contributed by atoms with Gasteiger partial charge in [0.2, 0.25) is 0 Å². The monoisotopic (exact) mass is 429 g/mol. The number of nitrogens with zero attached hydrogens (tertiary/aromatic N) is 1. The van der Waals surface area contributed by atoms with Crippen LogP contribution in [-0.4, -0.2) is 50.0 Å². The van der Waals surface area contributed by atoms with Crippen molar-refractivity contribution in [3.05, 3.63) is 59.1 Å². The van der Waals surface area contributed by atoms with Gasteiger partial charge in [-0.15, -0.1) is 0 Å². The second-order valence-corrected chi connectivity index (χ2v) is 7.97. The van der Waals surface area contributed by atoms with Crippen molar-refractivity contribution >= 4 is 29.1 Å². The van der Waals surface area contributed by atoms with E-state index in [-0.39, 0.29) is 0 Å². The number of rotatable bonds is 7. The van der Waals surface area contributed by atoms with Gasteiger partial charge >= 0.3 is 11.8 Å². The number of anilines is 1. The number of carbonyl (C=O) groups is 2. The number of amides is 2. The molecule has 1 saturated heterocycles. The highest BCUT2D eigenvalue weighted by Gasteiger charge is 2.21. The normalized spacial score (nSPS) is 14.9. The molecule has 0 aromatic heterocycles. The van der Waals surface area contributed by atoms with Gasteiger partial charge in [0, 0.05) is 18.1 Å². The number of benzene rings is 2. The first kappa shape index (κ1) is 22.1. The molecule has 1 heterocycles. The van der Waals surface area contributed by atoms with E-state index < -0.39 is 11.8 Å². The van der Waals surface area contributed by atoms with Gasteiger partial charge in [-0.1, -0.05) is 41.9 Å². The maximum absolute atomic E-state index is 12.2. The summed E-state index contributed by atoms with van der Waals surface area (Å²) in [5.41, 5.74) is 1.73. The standard InChI is InChI=1S/C23H28ClN3O3/c1-30-21-8-7-19(24)15-20(21)26-23(29)22(28)25-16-18-10-13-27(14-11-18)12-9-17-5-3-2-4-6-17/h2-8,15,18H,9-14,16H2,1H3,(H,25,28)(H,26,29). The molecule has 6 nitrogen and oxygen atoms in total. The molecule has 30 heavy (non-hydrogen) atoms. The van der Waals surface area contributed by atoms with Crippen molar-refractivity contribution in [1.82, 2.24) is 10.2 Å². The van der Waals surface area contributed by atoms with E-state index in [2.05, 4.69) is 39.8 Å². The summed E-state index contributed by atoms with van der Waals surface area (Å²) < 4.78 is 5.18. The Kier molecular flexibility index (Phi) is 8.11. The Labute approximate surface area is 182 Å². The molecule has 0 aliphatic carbocycles. The van der Waals surface area contributed by atoms with Crippen molar-refractivity contribution in [2.45, 2.75) is 19.3 Å². The lowest BCUT2D eigenvalue weighted by atomic mass is 9.96. The van der Waals surface area contributed by atoms with E-state index in [4.69, 9.17) is 16.3 Å². The van der Waals surface area contributed by atoms with Gasteiger partial charge in [0.25, 0.3) is 0 Å². The van der Waals surface area contributed by atoms with Gasteiger partial charge in [-0.3, -0.25) is 9.59 Å². The van der Waals surface area contributed by atoms with Crippen molar-refractivity contribution in [2.75, 3.05) is 38.6 Å². The fourth-order valence-electron chi connectivity index (χ4n) is 3.62. The van der Waals surface area contributed by atoms with Crippen LogP contribution in [0.2, 0.25) is 5.02 Å². The van der Waals surface area contributed by atoms with E-state index in [0.29, 0.717) is 28.9 Å². The molecule has 0 bridgehead atoms. The smallest absolute Gasteiger partial charge is 0.313 e. The Balaban J connectivity index is 1.38. The van der Waals surface area contributed by atoms with Crippen LogP contribution in [0, 0.1) is 5.92 Å². The zero-order chi connectivity index (χ0) is 21.3. The summed E-state index contributed by atoms with van der Waals surface area (Å²) in [6, 6.07) is 15.3. The Morgan fingerprint density at radius 2 is 1.83 bits per heavy atom. The minimum absolute atomic E-state index is 0.372. The Hall–Kier alpha value is -2.57. The number of hydrogen-bond acceptors (Lipinski definition) is 4. The van der Waals surface area contributed by atoms with Crippen molar-refractivity contribution < 1.29 is 14.3 Å². The van der Waals surface area contributed by atoms with Gasteiger partial charge in [0.15, 0.2) is 0 Å². The molecule has 3 rings (SSSR count). The number of hydrogen-bond donors (Lipinski definition) is 2. The van der Waals surface area contributed by atoms with Crippen LogP contribution < -0.4 is 15.4 Å². The van der Waals surface area contributed by atoms with E-state index >= 15 is 0 Å². The molecular weight excluding hydrogens is 402 g/mol. The summed E-state index contributed by atoms with van der Waals surface area (Å²) >= 11 is 5.96. The summed E-state index contributed by atoms with van der Waals surface area (Å²) in [7, 11) is 1.49. The Morgan fingerprint density at radius 1 is 1.10 bits per heavy atom. The van der Waals surface area contributed by atoms with E-state index in [1.165, 1.54) is 12.7 Å². The molecule has 1 fully saturated rings. The number of halogens is 1. The molecule has 2 N–H and O–H groups in total. The van der Waals surface area contributed by atoms with Crippen molar-refractivity contribution in [3.63, 3.8) is 0 Å². The van der Waals surface area contributed by atoms with E-state index in [1.807, 2.05) is 6.07 Å². The van der Waals surface area contributed by atoms with Crippen LogP contribution in [-0.2, 0) is 16.0 Å². The van der Waals surface area contributed by atoms with Gasteiger partial charge < -0.3 is 20.3 Å². The maximum Gasteiger partial charge on any atom is 0.313 e. The Morgan fingerprint density at radius 3 is 2.53 bits per heavy atom. The first-order chi connectivity index (χ1) is 14.5. The average molecular weight is 430 g/mol. The van der Waals surface area contributed by atoms with Gasteiger partial charge in [-0.2, -0.15) is 0 Å². The van der Waals surface area contributed by atoms with Gasteiger partial charge in [-0.05, 0) is 62.0 Å². The number of ether oxygens (including phenoxy) is 1. The zero-order valence-electron chi connectivity index (χ0n) is 17.2. The minimum Gasteiger partial charge on any atom is -0.495 e. The van der Waals surface area contributed by atoms with Crippen LogP contribution in [0.15, 0.2) is 48.5 Å². The lowest BCUT2D eigenvalue weighted by Gasteiger charge is -2.32. The zero-order valence-corrected chi connectivity index (χ0v) is 18.0. The molecule has 1 aliphatic heterocycles. The number of carbonyl (C=O) groups excluding carboxylic acids is 2. The molecule has 0 saturated carbocycles. The topological polar surface area (TPSA) is 70.7 Å². The third-order valence-corrected chi connectivity index (χ3v) is 5.67. The van der Waals surface area contributed by atoms with Crippen molar-refractivity contribution in [3.8, 4) is 5.75 Å². The van der Waals surface area contributed by atoms with Gasteiger partial charge in [0.05, 0.1) is 12.8 Å². The van der Waals surface area contributed by atoms with Gasteiger partial charge in [-0.25, -0.2) is 0 Å². The van der Waals surface area contributed by atoms with Crippen LogP contribution in [0.4, 0.5) is 5.69 Å². The largest absolute Gasteiger partial charge is 0.495 e. The molecule has 1 aliphatic rings. The lowest BCUT2D eigenvalue weighted by Crippen LogP contribution is -2.42. The van der Waals surface area contributed by atoms with Crippen LogP contribution in [0.3, 0.4) is 0 Å². The van der Waals surface area contributed by atoms with Crippen LogP contribution in [0.1, 0.15) is 18.4 Å². The van der Waals surface area contributed by atoms with E-state index in [9.17, 15) is 9.59 Å². The molecule has 160 valence electrons. The number of nitrogens with one attached hydrogen (secondary N) is 2. The molecule has 2 aromatic rings. The molecule has 2 aromatic carbocycles. The predicted octanol–water partition coefficient (Wildman–Crippen LogP) is 3.36. The predicted molar refractivity (Wildman–Crippen MR) is 119 cm³/mol. The molecule has 7 heteroatoms. The molecule has 0 atom stereocenters. The Bertz CT molecular complexity index is 852. The summed E-state index contributed by atoms with van der Waals surface area (Å²) in [5.74, 6) is -0.543. The quantitative estimate of drug-likeness (QED) is 0.662. The van der Waals surface area contributed by atoms with Gasteiger partial charge in [0.1, 0.15) is 5.75 Å². The first-order valence-electron chi connectivity index (χ1n) is 10.2. The second-order valence-electron chi connectivity index (χ2n) is 7.53. The third kappa shape index (κ3) is 6.47. The average Bonchev–Trinajstić information content (AvgIpc) is 2.77. The summed E-state index contributed by atoms with van der Waals surface area (Å²) in [5, 5.41) is 5.76. The summed E-state index contributed by atoms with van der Waals surface area (Å²) in [6.07, 6.45) is 3.08. The second kappa shape index (κ2) is 11.0. The highest BCUT2D eigenvalue weighted by molar-refractivity contribution is 6.40. The highest BCUT2D eigenvalue weighted by atomic mass is 35.5. The fraction of sp³-hybridized carbons (Fsp3) is 0.391. The number of likely N-dealkylation sites (tertiary alicyclic amines) is 1. The summed E-state index contributed by atoms with van der Waals surface area (Å²) in [4.78, 5) is 26.9. The van der Waals surface area contributed by atoms with Crippen molar-refractivity contribution in [2.24, 2.45) is 5.92 Å². The molecule has 2 amide bonds. The number of methoxy groups -OCH3 is 1. The molecule has 0 unspecified atom stereocenters. The highest BCUT2D eigenvalue weighted by Crippen LogP contribution is 2.27. The minimum atomic E-state index is -0.726. The lowest BCUT2D eigenvalue weighted by molar-refractivity contribution is -0.136. The maximum atomic E-state index is 12.2. The van der Waals surface area contributed by atoms with Crippen LogP contribution in [0.25, 0.3) is 0 Å². The number of piperidine rings is 1. The van der Waals surface area contributed by atoms with Crippen LogP contribution in [0.5, 0.6) is 5.75 Å². The first-order valence-corrected chi connectivity index (χ1v) is 10.6.